The lowest BCUT2D eigenvalue weighted by atomic mass is 10.1. The van der Waals surface area contributed by atoms with Crippen LogP contribution >= 0.6 is 0 Å². The molecular weight excluding hydrogens is 186 g/mol. The van der Waals surface area contributed by atoms with Crippen molar-refractivity contribution in [1.29, 1.82) is 0 Å². The van der Waals surface area contributed by atoms with Crippen molar-refractivity contribution in [2.45, 2.75) is 25.9 Å². The number of fused-ring (bicyclic) bond motifs is 1. The molecule has 1 aromatic carbocycles. The molecule has 1 aromatic heterocycles. The van der Waals surface area contributed by atoms with E-state index in [4.69, 9.17) is 0 Å². The Morgan fingerprint density at radius 3 is 2.93 bits per heavy atom. The Morgan fingerprint density at radius 1 is 1.33 bits per heavy atom. The number of pyridine rings is 1. The van der Waals surface area contributed by atoms with Crippen LogP contribution in [-0.2, 0) is 6.42 Å². The summed E-state index contributed by atoms with van der Waals surface area (Å²) >= 11 is 0. The zero-order valence-corrected chi connectivity index (χ0v) is 8.85. The van der Waals surface area contributed by atoms with Crippen LogP contribution in [0.5, 0.6) is 0 Å². The SMILES string of the molecule is CC(O)CCc1cnc2ccccc2c1. The molecule has 0 aliphatic heterocycles. The molecule has 0 saturated carbocycles. The van der Waals surface area contributed by atoms with Gasteiger partial charge in [-0.05, 0) is 37.5 Å². The molecule has 2 nitrogen and oxygen atoms in total. The lowest BCUT2D eigenvalue weighted by Crippen LogP contribution is -2.01. The van der Waals surface area contributed by atoms with Gasteiger partial charge in [0.1, 0.15) is 0 Å². The largest absolute Gasteiger partial charge is 0.393 e. The number of aliphatic hydroxyl groups excluding tert-OH is 1. The molecule has 2 aromatic rings. The highest BCUT2D eigenvalue weighted by Gasteiger charge is 2.00. The molecular formula is C13H15NO. The molecule has 1 atom stereocenters. The molecule has 0 amide bonds. The molecule has 1 N–H and O–H groups in total. The minimum atomic E-state index is -0.239. The second kappa shape index (κ2) is 4.41. The molecule has 0 saturated heterocycles. The molecule has 0 radical (unpaired) electrons. The minimum Gasteiger partial charge on any atom is -0.393 e. The summed E-state index contributed by atoms with van der Waals surface area (Å²) in [5.74, 6) is 0. The van der Waals surface area contributed by atoms with Crippen LogP contribution in [-0.4, -0.2) is 16.2 Å². The number of hydrogen-bond donors (Lipinski definition) is 1. The van der Waals surface area contributed by atoms with Gasteiger partial charge in [-0.3, -0.25) is 4.98 Å². The van der Waals surface area contributed by atoms with Gasteiger partial charge in [-0.25, -0.2) is 0 Å². The molecule has 2 rings (SSSR count). The fraction of sp³-hybridized carbons (Fsp3) is 0.308. The van der Waals surface area contributed by atoms with Crippen LogP contribution in [0.1, 0.15) is 18.9 Å². The van der Waals surface area contributed by atoms with Crippen LogP contribution < -0.4 is 0 Å². The summed E-state index contributed by atoms with van der Waals surface area (Å²) in [4.78, 5) is 4.38. The fourth-order valence-corrected chi connectivity index (χ4v) is 1.63. The van der Waals surface area contributed by atoms with E-state index in [1.54, 1.807) is 0 Å². The summed E-state index contributed by atoms with van der Waals surface area (Å²) in [6.07, 6.45) is 3.33. The topological polar surface area (TPSA) is 33.1 Å². The van der Waals surface area contributed by atoms with E-state index < -0.39 is 0 Å². The number of hydrogen-bond acceptors (Lipinski definition) is 2. The van der Waals surface area contributed by atoms with Gasteiger partial charge >= 0.3 is 0 Å². The van der Waals surface area contributed by atoms with E-state index in [0.29, 0.717) is 0 Å². The van der Waals surface area contributed by atoms with E-state index in [1.165, 1.54) is 10.9 Å². The number of aliphatic hydroxyl groups is 1. The predicted octanol–water partition coefficient (Wildman–Crippen LogP) is 2.55. The van der Waals surface area contributed by atoms with Gasteiger partial charge in [0.25, 0.3) is 0 Å². The number of aromatic nitrogens is 1. The van der Waals surface area contributed by atoms with Crippen molar-refractivity contribution in [3.8, 4) is 0 Å². The first-order valence-electron chi connectivity index (χ1n) is 5.27. The monoisotopic (exact) mass is 201 g/mol. The van der Waals surface area contributed by atoms with Crippen molar-refractivity contribution in [1.82, 2.24) is 4.98 Å². The Bertz CT molecular complexity index is 451. The Balaban J connectivity index is 2.23. The third-order valence-electron chi connectivity index (χ3n) is 2.50. The van der Waals surface area contributed by atoms with E-state index in [-0.39, 0.29) is 6.10 Å². The second-order valence-electron chi connectivity index (χ2n) is 3.92. The van der Waals surface area contributed by atoms with Gasteiger partial charge in [0, 0.05) is 11.6 Å². The molecule has 0 bridgehead atoms. The first-order chi connectivity index (χ1) is 7.25. The highest BCUT2D eigenvalue weighted by molar-refractivity contribution is 5.78. The van der Waals surface area contributed by atoms with Crippen LogP contribution in [0.4, 0.5) is 0 Å². The first-order valence-corrected chi connectivity index (χ1v) is 5.27. The molecule has 1 heterocycles. The van der Waals surface area contributed by atoms with Gasteiger partial charge in [0.2, 0.25) is 0 Å². The van der Waals surface area contributed by atoms with Gasteiger partial charge in [-0.2, -0.15) is 0 Å². The zero-order valence-electron chi connectivity index (χ0n) is 8.85. The van der Waals surface area contributed by atoms with Gasteiger partial charge in [0.15, 0.2) is 0 Å². The van der Waals surface area contributed by atoms with Crippen molar-refractivity contribution < 1.29 is 5.11 Å². The van der Waals surface area contributed by atoms with E-state index in [2.05, 4.69) is 17.1 Å². The van der Waals surface area contributed by atoms with Crippen molar-refractivity contribution in [2.24, 2.45) is 0 Å². The molecule has 78 valence electrons. The Morgan fingerprint density at radius 2 is 2.13 bits per heavy atom. The Kier molecular flexibility index (Phi) is 2.97. The summed E-state index contributed by atoms with van der Waals surface area (Å²) in [5, 5.41) is 10.4. The van der Waals surface area contributed by atoms with Crippen molar-refractivity contribution in [3.63, 3.8) is 0 Å². The molecule has 0 fully saturated rings. The van der Waals surface area contributed by atoms with E-state index in [1.807, 2.05) is 31.3 Å². The van der Waals surface area contributed by atoms with Crippen LogP contribution in [0.2, 0.25) is 0 Å². The number of aryl methyl sites for hydroxylation is 1. The molecule has 0 aliphatic carbocycles. The second-order valence-corrected chi connectivity index (χ2v) is 3.92. The highest BCUT2D eigenvalue weighted by Crippen LogP contribution is 2.14. The maximum atomic E-state index is 9.21. The third-order valence-corrected chi connectivity index (χ3v) is 2.50. The molecule has 0 aliphatic rings. The Hall–Kier alpha value is -1.41. The van der Waals surface area contributed by atoms with Gasteiger partial charge < -0.3 is 5.11 Å². The summed E-state index contributed by atoms with van der Waals surface area (Å²) in [5.41, 5.74) is 2.22. The predicted molar refractivity (Wildman–Crippen MR) is 61.7 cm³/mol. The first kappa shape index (κ1) is 10.1. The van der Waals surface area contributed by atoms with Crippen LogP contribution in [0.3, 0.4) is 0 Å². The van der Waals surface area contributed by atoms with Crippen LogP contribution in [0, 0.1) is 0 Å². The highest BCUT2D eigenvalue weighted by atomic mass is 16.3. The maximum Gasteiger partial charge on any atom is 0.0702 e. The molecule has 0 spiro atoms. The summed E-state index contributed by atoms with van der Waals surface area (Å²) in [7, 11) is 0. The fourth-order valence-electron chi connectivity index (χ4n) is 1.63. The van der Waals surface area contributed by atoms with E-state index in [0.717, 1.165) is 18.4 Å². The Labute approximate surface area is 89.6 Å². The number of nitrogens with zero attached hydrogens (tertiary/aromatic N) is 1. The smallest absolute Gasteiger partial charge is 0.0702 e. The standard InChI is InChI=1S/C13H15NO/c1-10(15)6-7-11-8-12-4-2-3-5-13(12)14-9-11/h2-5,8-10,15H,6-7H2,1H3. The van der Waals surface area contributed by atoms with Crippen molar-refractivity contribution in [2.75, 3.05) is 0 Å². The molecule has 15 heavy (non-hydrogen) atoms. The normalized spacial score (nSPS) is 12.9. The van der Waals surface area contributed by atoms with Crippen molar-refractivity contribution in [3.05, 3.63) is 42.1 Å². The molecule has 1 unspecified atom stereocenters. The number of para-hydroxylation sites is 1. The van der Waals surface area contributed by atoms with Crippen LogP contribution in [0.25, 0.3) is 10.9 Å². The lowest BCUT2D eigenvalue weighted by molar-refractivity contribution is 0.185. The lowest BCUT2D eigenvalue weighted by Gasteiger charge is -2.04. The average molecular weight is 201 g/mol. The van der Waals surface area contributed by atoms with Crippen LogP contribution in [0.15, 0.2) is 36.5 Å². The number of benzene rings is 1. The zero-order chi connectivity index (χ0) is 10.7. The average Bonchev–Trinajstić information content (AvgIpc) is 2.26. The van der Waals surface area contributed by atoms with E-state index >= 15 is 0 Å². The van der Waals surface area contributed by atoms with Crippen molar-refractivity contribution >= 4 is 10.9 Å². The maximum absolute atomic E-state index is 9.21. The van der Waals surface area contributed by atoms with Gasteiger partial charge in [-0.15, -0.1) is 0 Å². The van der Waals surface area contributed by atoms with E-state index in [9.17, 15) is 5.11 Å². The minimum absolute atomic E-state index is 0.239. The summed E-state index contributed by atoms with van der Waals surface area (Å²) in [6.45, 7) is 1.81. The summed E-state index contributed by atoms with van der Waals surface area (Å²) < 4.78 is 0. The van der Waals surface area contributed by atoms with Gasteiger partial charge in [0.05, 0.1) is 11.6 Å². The van der Waals surface area contributed by atoms with Gasteiger partial charge in [-0.1, -0.05) is 18.2 Å². The molecule has 2 heteroatoms. The quantitative estimate of drug-likeness (QED) is 0.827. The summed E-state index contributed by atoms with van der Waals surface area (Å²) in [6, 6.07) is 10.2. The number of rotatable bonds is 3. The third kappa shape index (κ3) is 2.54.